The fourth-order valence-corrected chi connectivity index (χ4v) is 4.88. The number of nitrogens with zero attached hydrogens (tertiary/aromatic N) is 3. The molecule has 2 saturated heterocycles. The Kier molecular flexibility index (Phi) is 4.10. The van der Waals surface area contributed by atoms with Gasteiger partial charge in [-0.2, -0.15) is 0 Å². The molecule has 1 saturated carbocycles. The van der Waals surface area contributed by atoms with Gasteiger partial charge in [-0.05, 0) is 50.3 Å². The Hall–Kier alpha value is -1.42. The number of rotatable bonds is 3. The topological polar surface area (TPSA) is 36.4 Å². The van der Waals surface area contributed by atoms with E-state index in [1.54, 1.807) is 6.20 Å². The summed E-state index contributed by atoms with van der Waals surface area (Å²) in [6.45, 7) is 3.74. The molecule has 0 aromatic carbocycles. The van der Waals surface area contributed by atoms with Gasteiger partial charge in [0.15, 0.2) is 0 Å². The summed E-state index contributed by atoms with van der Waals surface area (Å²) in [5.41, 5.74) is 1.05. The van der Waals surface area contributed by atoms with Gasteiger partial charge in [-0.25, -0.2) is 0 Å². The normalized spacial score (nSPS) is 29.7. The maximum absolute atomic E-state index is 13.2. The zero-order valence-corrected chi connectivity index (χ0v) is 13.9. The van der Waals surface area contributed by atoms with Crippen molar-refractivity contribution in [3.63, 3.8) is 0 Å². The van der Waals surface area contributed by atoms with Crippen molar-refractivity contribution < 1.29 is 4.79 Å². The Labute approximate surface area is 138 Å². The summed E-state index contributed by atoms with van der Waals surface area (Å²) >= 11 is 0. The van der Waals surface area contributed by atoms with Crippen LogP contribution >= 0.6 is 0 Å². The molecule has 4 nitrogen and oxygen atoms in total. The lowest BCUT2D eigenvalue weighted by molar-refractivity contribution is -0.146. The van der Waals surface area contributed by atoms with E-state index < -0.39 is 0 Å². The minimum atomic E-state index is -0.0942. The summed E-state index contributed by atoms with van der Waals surface area (Å²) < 4.78 is 0. The van der Waals surface area contributed by atoms with E-state index in [0.717, 1.165) is 57.0 Å². The summed E-state index contributed by atoms with van der Waals surface area (Å²) in [6, 6.07) is 4.77. The molecule has 0 N–H and O–H groups in total. The first-order valence-electron chi connectivity index (χ1n) is 9.19. The van der Waals surface area contributed by atoms with Crippen LogP contribution in [0, 0.1) is 5.41 Å². The zero-order valence-electron chi connectivity index (χ0n) is 13.9. The van der Waals surface area contributed by atoms with Crippen LogP contribution in [0.25, 0.3) is 0 Å². The Bertz CT molecular complexity index is 555. The zero-order chi connectivity index (χ0) is 15.7. The number of amides is 1. The number of hydrogen-bond acceptors (Lipinski definition) is 3. The summed E-state index contributed by atoms with van der Waals surface area (Å²) in [6.07, 6.45) is 12.4. The van der Waals surface area contributed by atoms with Crippen molar-refractivity contribution in [3.05, 3.63) is 30.1 Å². The molecule has 1 atom stereocenters. The van der Waals surface area contributed by atoms with Crippen molar-refractivity contribution in [2.24, 2.45) is 5.41 Å². The average molecular weight is 313 g/mol. The maximum atomic E-state index is 13.2. The highest BCUT2D eigenvalue weighted by atomic mass is 16.2. The lowest BCUT2D eigenvalue weighted by Crippen LogP contribution is -2.50. The van der Waals surface area contributed by atoms with E-state index in [0.29, 0.717) is 5.91 Å². The molecule has 3 heterocycles. The van der Waals surface area contributed by atoms with Crippen LogP contribution in [0.4, 0.5) is 0 Å². The number of carbonyl (C=O) groups is 1. The standard InChI is InChI=1S/C19H27N3O/c23-18-19(9-12-22(15-19)17-6-1-2-7-17)8-4-11-21(18)14-16-5-3-10-20-13-16/h3,5,10,13,17H,1-2,4,6-9,11-12,14-15H2/t19-/m0/s1. The van der Waals surface area contributed by atoms with Gasteiger partial charge in [0.05, 0.1) is 5.41 Å². The monoisotopic (exact) mass is 313 g/mol. The van der Waals surface area contributed by atoms with Crippen molar-refractivity contribution in [2.75, 3.05) is 19.6 Å². The summed E-state index contributed by atoms with van der Waals surface area (Å²) in [5.74, 6) is 0.396. The van der Waals surface area contributed by atoms with Crippen LogP contribution in [-0.4, -0.2) is 46.4 Å². The fraction of sp³-hybridized carbons (Fsp3) is 0.684. The molecule has 2 aliphatic heterocycles. The van der Waals surface area contributed by atoms with Crippen LogP contribution in [0.15, 0.2) is 24.5 Å². The number of carbonyl (C=O) groups excluding carboxylic acids is 1. The number of piperidine rings is 1. The van der Waals surface area contributed by atoms with Crippen molar-refractivity contribution in [2.45, 2.75) is 57.5 Å². The van der Waals surface area contributed by atoms with Crippen LogP contribution in [0.1, 0.15) is 50.5 Å². The first kappa shape index (κ1) is 15.1. The molecule has 4 heteroatoms. The summed E-state index contributed by atoms with van der Waals surface area (Å²) in [4.78, 5) is 22.1. The molecular weight excluding hydrogens is 286 g/mol. The van der Waals surface area contributed by atoms with Crippen molar-refractivity contribution in [1.29, 1.82) is 0 Å². The molecule has 0 bridgehead atoms. The third-order valence-electron chi connectivity index (χ3n) is 6.14. The highest BCUT2D eigenvalue weighted by Gasteiger charge is 2.49. The predicted molar refractivity (Wildman–Crippen MR) is 89.8 cm³/mol. The van der Waals surface area contributed by atoms with Gasteiger partial charge in [-0.15, -0.1) is 0 Å². The quantitative estimate of drug-likeness (QED) is 0.861. The first-order valence-corrected chi connectivity index (χ1v) is 9.19. The molecule has 1 aromatic heterocycles. The molecule has 1 aliphatic carbocycles. The molecule has 3 fully saturated rings. The molecule has 1 amide bonds. The molecule has 0 unspecified atom stereocenters. The van der Waals surface area contributed by atoms with Crippen LogP contribution in [0.5, 0.6) is 0 Å². The average Bonchev–Trinajstić information content (AvgIpc) is 3.23. The van der Waals surface area contributed by atoms with Crippen LogP contribution < -0.4 is 0 Å². The molecule has 3 aliphatic rings. The minimum absolute atomic E-state index is 0.0942. The van der Waals surface area contributed by atoms with Crippen molar-refractivity contribution >= 4 is 5.91 Å². The Morgan fingerprint density at radius 1 is 1.17 bits per heavy atom. The van der Waals surface area contributed by atoms with Crippen molar-refractivity contribution in [3.8, 4) is 0 Å². The fourth-order valence-electron chi connectivity index (χ4n) is 4.88. The molecular formula is C19H27N3O. The summed E-state index contributed by atoms with van der Waals surface area (Å²) in [5, 5.41) is 0. The second kappa shape index (κ2) is 6.23. The maximum Gasteiger partial charge on any atom is 0.230 e. The van der Waals surface area contributed by atoms with E-state index >= 15 is 0 Å². The second-order valence-electron chi connectivity index (χ2n) is 7.63. The highest BCUT2D eigenvalue weighted by Crippen LogP contribution is 2.42. The van der Waals surface area contributed by atoms with E-state index in [4.69, 9.17) is 0 Å². The lowest BCUT2D eigenvalue weighted by atomic mass is 9.78. The van der Waals surface area contributed by atoms with Gasteiger partial charge >= 0.3 is 0 Å². The van der Waals surface area contributed by atoms with Crippen LogP contribution in [0.2, 0.25) is 0 Å². The highest BCUT2D eigenvalue weighted by molar-refractivity contribution is 5.84. The lowest BCUT2D eigenvalue weighted by Gasteiger charge is -2.40. The van der Waals surface area contributed by atoms with Gasteiger partial charge < -0.3 is 4.90 Å². The van der Waals surface area contributed by atoms with Gasteiger partial charge in [0, 0.05) is 38.1 Å². The van der Waals surface area contributed by atoms with E-state index in [9.17, 15) is 4.79 Å². The van der Waals surface area contributed by atoms with Gasteiger partial charge in [-0.3, -0.25) is 14.7 Å². The van der Waals surface area contributed by atoms with E-state index in [1.165, 1.54) is 25.7 Å². The van der Waals surface area contributed by atoms with Crippen LogP contribution in [-0.2, 0) is 11.3 Å². The van der Waals surface area contributed by atoms with E-state index in [1.807, 2.05) is 12.3 Å². The molecule has 1 spiro atoms. The predicted octanol–water partition coefficient (Wildman–Crippen LogP) is 2.84. The Balaban J connectivity index is 1.46. The second-order valence-corrected chi connectivity index (χ2v) is 7.63. The van der Waals surface area contributed by atoms with Gasteiger partial charge in [-0.1, -0.05) is 18.9 Å². The first-order chi connectivity index (χ1) is 11.3. The number of aromatic nitrogens is 1. The smallest absolute Gasteiger partial charge is 0.230 e. The largest absolute Gasteiger partial charge is 0.338 e. The molecule has 23 heavy (non-hydrogen) atoms. The van der Waals surface area contributed by atoms with E-state index in [-0.39, 0.29) is 5.41 Å². The summed E-state index contributed by atoms with van der Waals surface area (Å²) in [7, 11) is 0. The van der Waals surface area contributed by atoms with Crippen LogP contribution in [0.3, 0.4) is 0 Å². The molecule has 4 rings (SSSR count). The molecule has 1 aromatic rings. The number of likely N-dealkylation sites (tertiary alicyclic amines) is 2. The number of hydrogen-bond donors (Lipinski definition) is 0. The van der Waals surface area contributed by atoms with Gasteiger partial charge in [0.25, 0.3) is 0 Å². The van der Waals surface area contributed by atoms with Gasteiger partial charge in [0.2, 0.25) is 5.91 Å². The molecule has 0 radical (unpaired) electrons. The third kappa shape index (κ3) is 2.89. The van der Waals surface area contributed by atoms with E-state index in [2.05, 4.69) is 20.9 Å². The van der Waals surface area contributed by atoms with Crippen molar-refractivity contribution in [1.82, 2.24) is 14.8 Å². The number of pyridine rings is 1. The molecule has 124 valence electrons. The Morgan fingerprint density at radius 3 is 2.83 bits per heavy atom. The minimum Gasteiger partial charge on any atom is -0.338 e. The van der Waals surface area contributed by atoms with Gasteiger partial charge in [0.1, 0.15) is 0 Å². The third-order valence-corrected chi connectivity index (χ3v) is 6.14. The SMILES string of the molecule is O=C1N(Cc2cccnc2)CCC[C@@]12CCN(C1CCCC1)C2. The Morgan fingerprint density at radius 2 is 2.04 bits per heavy atom.